The van der Waals surface area contributed by atoms with Gasteiger partial charge in [-0.1, -0.05) is 13.8 Å². The molecule has 4 nitrogen and oxygen atoms in total. The summed E-state index contributed by atoms with van der Waals surface area (Å²) < 4.78 is 12.7. The Labute approximate surface area is 135 Å². The van der Waals surface area contributed by atoms with Crippen LogP contribution in [0, 0.1) is 5.92 Å². The van der Waals surface area contributed by atoms with Gasteiger partial charge in [0.25, 0.3) is 0 Å². The van der Waals surface area contributed by atoms with E-state index >= 15 is 0 Å². The molecule has 0 amide bonds. The number of fused-ring (bicyclic) bond motifs is 3. The van der Waals surface area contributed by atoms with Crippen LogP contribution in [0.3, 0.4) is 0 Å². The monoisotopic (exact) mass is 311 g/mol. The zero-order chi connectivity index (χ0) is 16.6. The molecule has 2 heterocycles. The maximum absolute atomic E-state index is 12.4. The molecule has 0 N–H and O–H groups in total. The predicted octanol–water partition coefficient (Wildman–Crippen LogP) is 3.67. The van der Waals surface area contributed by atoms with E-state index in [1.54, 1.807) is 20.3 Å². The summed E-state index contributed by atoms with van der Waals surface area (Å²) in [6.07, 6.45) is 4.70. The van der Waals surface area contributed by atoms with Crippen molar-refractivity contribution in [1.29, 1.82) is 0 Å². The van der Waals surface area contributed by atoms with E-state index in [-0.39, 0.29) is 5.43 Å². The van der Waals surface area contributed by atoms with Crippen molar-refractivity contribution in [1.82, 2.24) is 4.40 Å². The summed E-state index contributed by atoms with van der Waals surface area (Å²) in [5.74, 6) is 1.79. The fourth-order valence-electron chi connectivity index (χ4n) is 2.94. The van der Waals surface area contributed by atoms with E-state index in [0.29, 0.717) is 17.4 Å². The fourth-order valence-corrected chi connectivity index (χ4v) is 2.94. The molecule has 0 saturated carbocycles. The molecule has 0 bridgehead atoms. The fraction of sp³-hybridized carbons (Fsp3) is 0.316. The van der Waals surface area contributed by atoms with Crippen LogP contribution < -0.4 is 14.9 Å². The molecule has 0 aliphatic carbocycles. The van der Waals surface area contributed by atoms with Crippen molar-refractivity contribution in [2.45, 2.75) is 20.3 Å². The summed E-state index contributed by atoms with van der Waals surface area (Å²) >= 11 is 0. The molecule has 0 unspecified atom stereocenters. The third-order valence-corrected chi connectivity index (χ3v) is 4.03. The highest BCUT2D eigenvalue weighted by Gasteiger charge is 2.10. The second-order valence-electron chi connectivity index (χ2n) is 6.16. The summed E-state index contributed by atoms with van der Waals surface area (Å²) in [6.45, 7) is 4.23. The zero-order valence-electron chi connectivity index (χ0n) is 13.9. The van der Waals surface area contributed by atoms with E-state index < -0.39 is 0 Å². The van der Waals surface area contributed by atoms with Gasteiger partial charge in [-0.15, -0.1) is 0 Å². The first kappa shape index (κ1) is 15.4. The second kappa shape index (κ2) is 5.95. The average Bonchev–Trinajstić information content (AvgIpc) is 2.53. The van der Waals surface area contributed by atoms with Gasteiger partial charge in [-0.3, -0.25) is 4.79 Å². The highest BCUT2D eigenvalue weighted by atomic mass is 16.5. The normalized spacial score (nSPS) is 11.3. The van der Waals surface area contributed by atoms with Crippen LogP contribution in [0.5, 0.6) is 11.5 Å². The molecule has 0 aliphatic heterocycles. The van der Waals surface area contributed by atoms with Gasteiger partial charge in [-0.25, -0.2) is 0 Å². The van der Waals surface area contributed by atoms with E-state index in [4.69, 9.17) is 9.47 Å². The van der Waals surface area contributed by atoms with E-state index in [0.717, 1.165) is 28.3 Å². The molecule has 0 atom stereocenters. The van der Waals surface area contributed by atoms with Gasteiger partial charge in [0, 0.05) is 29.4 Å². The Morgan fingerprint density at radius 3 is 2.43 bits per heavy atom. The van der Waals surface area contributed by atoms with Crippen LogP contribution in [0.2, 0.25) is 0 Å². The number of aromatic nitrogens is 1. The van der Waals surface area contributed by atoms with Crippen LogP contribution in [0.25, 0.3) is 16.3 Å². The predicted molar refractivity (Wildman–Crippen MR) is 92.8 cm³/mol. The molecule has 0 saturated heterocycles. The lowest BCUT2D eigenvalue weighted by molar-refractivity contribution is 0.356. The van der Waals surface area contributed by atoms with Gasteiger partial charge in [0.05, 0.1) is 19.7 Å². The van der Waals surface area contributed by atoms with Crippen molar-refractivity contribution in [2.75, 3.05) is 14.2 Å². The molecular weight excluding hydrogens is 290 g/mol. The summed E-state index contributed by atoms with van der Waals surface area (Å²) in [7, 11) is 3.23. The lowest BCUT2D eigenvalue weighted by atomic mass is 10.0. The third kappa shape index (κ3) is 2.77. The minimum Gasteiger partial charge on any atom is -0.493 e. The number of nitrogens with zero attached hydrogens (tertiary/aromatic N) is 1. The van der Waals surface area contributed by atoms with Gasteiger partial charge >= 0.3 is 0 Å². The van der Waals surface area contributed by atoms with Crippen LogP contribution in [0.1, 0.15) is 19.4 Å². The third-order valence-electron chi connectivity index (χ3n) is 4.03. The van der Waals surface area contributed by atoms with Crippen molar-refractivity contribution in [3.05, 3.63) is 52.4 Å². The number of ether oxygens (including phenoxy) is 2. The molecule has 4 heteroatoms. The first-order valence-corrected chi connectivity index (χ1v) is 7.73. The number of benzene rings is 1. The second-order valence-corrected chi connectivity index (χ2v) is 6.16. The highest BCUT2D eigenvalue weighted by molar-refractivity contribution is 5.97. The van der Waals surface area contributed by atoms with Crippen LogP contribution in [0.15, 0.2) is 41.5 Å². The minimum absolute atomic E-state index is 0.0842. The molecule has 0 fully saturated rings. The molecule has 0 aliphatic rings. The number of pyridine rings is 2. The topological polar surface area (TPSA) is 39.9 Å². The summed E-state index contributed by atoms with van der Waals surface area (Å²) in [5, 5.41) is 1.98. The van der Waals surface area contributed by atoms with Gasteiger partial charge in [-0.05, 0) is 35.9 Å². The van der Waals surface area contributed by atoms with Crippen molar-refractivity contribution in [3.63, 3.8) is 0 Å². The van der Waals surface area contributed by atoms with Crippen molar-refractivity contribution < 1.29 is 9.47 Å². The lowest BCUT2D eigenvalue weighted by Crippen LogP contribution is -2.12. The Kier molecular flexibility index (Phi) is 3.99. The maximum Gasteiger partial charge on any atom is 0.185 e. The minimum atomic E-state index is 0.0842. The molecule has 3 aromatic rings. The molecule has 3 rings (SSSR count). The maximum atomic E-state index is 12.4. The van der Waals surface area contributed by atoms with Gasteiger partial charge in [-0.2, -0.15) is 0 Å². The van der Waals surface area contributed by atoms with Crippen LogP contribution in [-0.4, -0.2) is 18.6 Å². The Balaban J connectivity index is 2.30. The first-order valence-electron chi connectivity index (χ1n) is 7.73. The van der Waals surface area contributed by atoms with Crippen molar-refractivity contribution in [2.24, 2.45) is 5.92 Å². The number of hydrogen-bond acceptors (Lipinski definition) is 3. The molecule has 120 valence electrons. The first-order chi connectivity index (χ1) is 11.0. The smallest absolute Gasteiger partial charge is 0.185 e. The Bertz CT molecular complexity index is 925. The van der Waals surface area contributed by atoms with E-state index in [1.807, 2.05) is 35.0 Å². The van der Waals surface area contributed by atoms with Gasteiger partial charge in [0.15, 0.2) is 16.9 Å². The SMILES string of the molecule is COc1cc2ccn3cc(CC(C)C)c(=O)cc3c2cc1OC. The Hall–Kier alpha value is -2.49. The molecule has 2 aromatic heterocycles. The van der Waals surface area contributed by atoms with Gasteiger partial charge < -0.3 is 13.9 Å². The molecule has 0 radical (unpaired) electrons. The zero-order valence-corrected chi connectivity index (χ0v) is 13.9. The number of hydrogen-bond donors (Lipinski definition) is 0. The molecule has 23 heavy (non-hydrogen) atoms. The van der Waals surface area contributed by atoms with Crippen LogP contribution in [-0.2, 0) is 6.42 Å². The Morgan fingerprint density at radius 2 is 1.78 bits per heavy atom. The van der Waals surface area contributed by atoms with E-state index in [9.17, 15) is 4.79 Å². The van der Waals surface area contributed by atoms with E-state index in [2.05, 4.69) is 13.8 Å². The largest absolute Gasteiger partial charge is 0.493 e. The van der Waals surface area contributed by atoms with Crippen LogP contribution >= 0.6 is 0 Å². The number of rotatable bonds is 4. The van der Waals surface area contributed by atoms with Crippen molar-refractivity contribution >= 4 is 16.3 Å². The lowest BCUT2D eigenvalue weighted by Gasteiger charge is -2.12. The average molecular weight is 311 g/mol. The summed E-state index contributed by atoms with van der Waals surface area (Å²) in [6, 6.07) is 7.59. The molecule has 1 aromatic carbocycles. The van der Waals surface area contributed by atoms with E-state index in [1.165, 1.54) is 0 Å². The highest BCUT2D eigenvalue weighted by Crippen LogP contribution is 2.33. The van der Waals surface area contributed by atoms with Gasteiger partial charge in [0.1, 0.15) is 0 Å². The quantitative estimate of drug-likeness (QED) is 0.690. The summed E-state index contributed by atoms with van der Waals surface area (Å²) in [5.41, 5.74) is 1.80. The summed E-state index contributed by atoms with van der Waals surface area (Å²) in [4.78, 5) is 12.4. The van der Waals surface area contributed by atoms with Crippen LogP contribution in [0.4, 0.5) is 0 Å². The van der Waals surface area contributed by atoms with Gasteiger partial charge in [0.2, 0.25) is 0 Å². The number of methoxy groups -OCH3 is 2. The molecular formula is C19H21NO3. The standard InChI is InChI=1S/C19H21NO3/c1-12(2)7-14-11-20-6-5-13-8-18(22-3)19(23-4)9-15(13)16(20)10-17(14)21/h5-6,8-12H,7H2,1-4H3. The molecule has 0 spiro atoms. The Morgan fingerprint density at radius 1 is 1.09 bits per heavy atom. The van der Waals surface area contributed by atoms with Crippen molar-refractivity contribution in [3.8, 4) is 11.5 Å².